The van der Waals surface area contributed by atoms with Crippen LogP contribution in [0.1, 0.15) is 0 Å². The molecule has 0 unspecified atom stereocenters. The lowest BCUT2D eigenvalue weighted by molar-refractivity contribution is -0.125. The van der Waals surface area contributed by atoms with Gasteiger partial charge in [0.1, 0.15) is 12.4 Å². The number of phenolic OH excluding ortho intramolecular Hbond substituents is 1. The Morgan fingerprint density at radius 1 is 0.833 bits per heavy atom. The molecule has 12 heteroatoms. The standard InChI is InChI=1S/C24H21Cl2N5O5/c25-14-1-3-15(4-2-14)27-23(34)29-19-7-6-17(32)12-20(19)30-24(35)28-16-5-8-21(18(26)11-16)31-9-10-36-13-22(31)33/h1-8,11-12,32H,9-10,13H2,(H2,27,29,34)(H2,28,30,35). The van der Waals surface area contributed by atoms with Crippen LogP contribution >= 0.6 is 23.2 Å². The molecule has 5 N–H and O–H groups in total. The topological polar surface area (TPSA) is 132 Å². The molecular weight excluding hydrogens is 509 g/mol. The number of rotatable bonds is 5. The zero-order chi connectivity index (χ0) is 25.7. The van der Waals surface area contributed by atoms with Gasteiger partial charge >= 0.3 is 12.1 Å². The normalized spacial score (nSPS) is 13.2. The number of nitrogens with one attached hydrogen (secondary N) is 4. The van der Waals surface area contributed by atoms with E-state index in [1.54, 1.807) is 36.4 Å². The number of nitrogens with zero attached hydrogens (tertiary/aromatic N) is 1. The number of phenols is 1. The molecule has 186 valence electrons. The first-order valence-corrected chi connectivity index (χ1v) is 11.5. The Bertz CT molecular complexity index is 1300. The summed E-state index contributed by atoms with van der Waals surface area (Å²) in [7, 11) is 0. The molecule has 1 fully saturated rings. The summed E-state index contributed by atoms with van der Waals surface area (Å²) in [5.74, 6) is -0.317. The van der Waals surface area contributed by atoms with Crippen LogP contribution in [0.3, 0.4) is 0 Å². The van der Waals surface area contributed by atoms with Crippen molar-refractivity contribution in [3.8, 4) is 5.75 Å². The van der Waals surface area contributed by atoms with Crippen LogP contribution in [0.2, 0.25) is 10.0 Å². The summed E-state index contributed by atoms with van der Waals surface area (Å²) in [5.41, 5.74) is 1.80. The van der Waals surface area contributed by atoms with Gasteiger partial charge in [0.05, 0.1) is 28.7 Å². The zero-order valence-electron chi connectivity index (χ0n) is 18.7. The number of urea groups is 2. The molecule has 1 saturated heterocycles. The van der Waals surface area contributed by atoms with E-state index in [0.29, 0.717) is 35.2 Å². The van der Waals surface area contributed by atoms with Crippen LogP contribution in [0.15, 0.2) is 60.7 Å². The van der Waals surface area contributed by atoms with Crippen LogP contribution in [0, 0.1) is 0 Å². The van der Waals surface area contributed by atoms with E-state index in [1.807, 2.05) is 0 Å². The van der Waals surface area contributed by atoms with Crippen molar-refractivity contribution < 1.29 is 24.2 Å². The third-order valence-electron chi connectivity index (χ3n) is 5.08. The Morgan fingerprint density at radius 3 is 2.19 bits per heavy atom. The second-order valence-corrected chi connectivity index (χ2v) is 8.50. The molecule has 36 heavy (non-hydrogen) atoms. The molecule has 1 heterocycles. The van der Waals surface area contributed by atoms with Crippen molar-refractivity contribution in [2.75, 3.05) is 45.9 Å². The highest BCUT2D eigenvalue weighted by Gasteiger charge is 2.22. The van der Waals surface area contributed by atoms with Gasteiger partial charge in [0.2, 0.25) is 0 Å². The number of anilines is 5. The average Bonchev–Trinajstić information content (AvgIpc) is 2.83. The quantitative estimate of drug-likeness (QED) is 0.284. The molecule has 4 rings (SSSR count). The summed E-state index contributed by atoms with van der Waals surface area (Å²) in [4.78, 5) is 38.6. The fraction of sp³-hybridized carbons (Fsp3) is 0.125. The number of aromatic hydroxyl groups is 1. The van der Waals surface area contributed by atoms with Crippen LogP contribution in [-0.4, -0.2) is 42.8 Å². The summed E-state index contributed by atoms with van der Waals surface area (Å²) in [6.07, 6.45) is 0. The molecule has 0 spiro atoms. The van der Waals surface area contributed by atoms with Crippen molar-refractivity contribution in [1.29, 1.82) is 0 Å². The van der Waals surface area contributed by atoms with E-state index in [2.05, 4.69) is 21.3 Å². The average molecular weight is 530 g/mol. The second kappa shape index (κ2) is 11.2. The highest BCUT2D eigenvalue weighted by Crippen LogP contribution is 2.31. The van der Waals surface area contributed by atoms with Gasteiger partial charge in [0.25, 0.3) is 5.91 Å². The Kier molecular flexibility index (Phi) is 7.79. The van der Waals surface area contributed by atoms with Crippen LogP contribution < -0.4 is 26.2 Å². The van der Waals surface area contributed by atoms with Crippen LogP contribution in [-0.2, 0) is 9.53 Å². The first-order chi connectivity index (χ1) is 17.3. The van der Waals surface area contributed by atoms with E-state index in [4.69, 9.17) is 27.9 Å². The monoisotopic (exact) mass is 529 g/mol. The lowest BCUT2D eigenvalue weighted by Crippen LogP contribution is -2.41. The molecule has 5 amide bonds. The Morgan fingerprint density at radius 2 is 1.50 bits per heavy atom. The third kappa shape index (κ3) is 6.36. The van der Waals surface area contributed by atoms with Crippen LogP contribution in [0.25, 0.3) is 0 Å². The lowest BCUT2D eigenvalue weighted by Gasteiger charge is -2.27. The van der Waals surface area contributed by atoms with E-state index in [-0.39, 0.29) is 34.7 Å². The summed E-state index contributed by atoms with van der Waals surface area (Å²) < 4.78 is 5.13. The summed E-state index contributed by atoms with van der Waals surface area (Å²) in [5, 5.41) is 21.2. The highest BCUT2D eigenvalue weighted by atomic mass is 35.5. The maximum atomic E-state index is 12.6. The van der Waals surface area contributed by atoms with Crippen molar-refractivity contribution in [1.82, 2.24) is 0 Å². The molecular formula is C24H21Cl2N5O5. The SMILES string of the molecule is O=C(Nc1ccc(Cl)cc1)Nc1ccc(O)cc1NC(=O)Nc1ccc(N2CCOCC2=O)c(Cl)c1. The molecule has 3 aromatic carbocycles. The fourth-order valence-corrected chi connectivity index (χ4v) is 3.83. The van der Waals surface area contributed by atoms with Gasteiger partial charge in [-0.15, -0.1) is 0 Å². The van der Waals surface area contributed by atoms with Gasteiger partial charge in [-0.25, -0.2) is 9.59 Å². The van der Waals surface area contributed by atoms with E-state index in [1.165, 1.54) is 29.2 Å². The minimum absolute atomic E-state index is 0.0171. The minimum Gasteiger partial charge on any atom is -0.508 e. The second-order valence-electron chi connectivity index (χ2n) is 7.66. The van der Waals surface area contributed by atoms with Crippen molar-refractivity contribution in [2.24, 2.45) is 0 Å². The zero-order valence-corrected chi connectivity index (χ0v) is 20.2. The first-order valence-electron chi connectivity index (χ1n) is 10.7. The highest BCUT2D eigenvalue weighted by molar-refractivity contribution is 6.34. The molecule has 0 bridgehead atoms. The molecule has 0 aliphatic carbocycles. The number of hydrogen-bond acceptors (Lipinski definition) is 5. The Balaban J connectivity index is 1.42. The van der Waals surface area contributed by atoms with Gasteiger partial charge in [-0.2, -0.15) is 0 Å². The van der Waals surface area contributed by atoms with Crippen LogP contribution in [0.5, 0.6) is 5.75 Å². The molecule has 0 atom stereocenters. The molecule has 10 nitrogen and oxygen atoms in total. The fourth-order valence-electron chi connectivity index (χ4n) is 3.42. The van der Waals surface area contributed by atoms with Gasteiger partial charge < -0.3 is 36.0 Å². The van der Waals surface area contributed by atoms with Gasteiger partial charge in [-0.3, -0.25) is 4.79 Å². The third-order valence-corrected chi connectivity index (χ3v) is 5.64. The van der Waals surface area contributed by atoms with E-state index >= 15 is 0 Å². The van der Waals surface area contributed by atoms with Crippen LogP contribution in [0.4, 0.5) is 38.0 Å². The molecule has 0 aromatic heterocycles. The Hall–Kier alpha value is -3.99. The predicted molar refractivity (Wildman–Crippen MR) is 139 cm³/mol. The number of amides is 5. The molecule has 0 radical (unpaired) electrons. The summed E-state index contributed by atoms with van der Waals surface area (Å²) in [6, 6.07) is 14.2. The molecule has 1 aliphatic heterocycles. The first kappa shape index (κ1) is 25.1. The van der Waals surface area contributed by atoms with Crippen molar-refractivity contribution in [3.05, 3.63) is 70.7 Å². The van der Waals surface area contributed by atoms with Crippen molar-refractivity contribution in [3.63, 3.8) is 0 Å². The van der Waals surface area contributed by atoms with Gasteiger partial charge in [0.15, 0.2) is 0 Å². The number of benzene rings is 3. The number of carbonyl (C=O) groups is 3. The van der Waals surface area contributed by atoms with Gasteiger partial charge in [0, 0.05) is 29.0 Å². The number of hydrogen-bond donors (Lipinski definition) is 5. The predicted octanol–water partition coefficient (Wildman–Crippen LogP) is 5.35. The number of halogens is 2. The number of carbonyl (C=O) groups excluding carboxylic acids is 3. The minimum atomic E-state index is -0.645. The number of morpholine rings is 1. The maximum Gasteiger partial charge on any atom is 0.323 e. The van der Waals surface area contributed by atoms with Gasteiger partial charge in [-0.1, -0.05) is 23.2 Å². The lowest BCUT2D eigenvalue weighted by atomic mass is 10.2. The molecule has 1 aliphatic rings. The largest absolute Gasteiger partial charge is 0.508 e. The molecule has 3 aromatic rings. The Labute approximate surface area is 216 Å². The number of ether oxygens (including phenoxy) is 1. The van der Waals surface area contributed by atoms with Crippen molar-refractivity contribution >= 4 is 69.6 Å². The van der Waals surface area contributed by atoms with E-state index in [0.717, 1.165) is 0 Å². The van der Waals surface area contributed by atoms with E-state index < -0.39 is 12.1 Å². The van der Waals surface area contributed by atoms with Gasteiger partial charge in [-0.05, 0) is 54.6 Å². The summed E-state index contributed by atoms with van der Waals surface area (Å²) >= 11 is 12.2. The summed E-state index contributed by atoms with van der Waals surface area (Å²) in [6.45, 7) is 0.768. The van der Waals surface area contributed by atoms with Crippen molar-refractivity contribution in [2.45, 2.75) is 0 Å². The van der Waals surface area contributed by atoms with E-state index in [9.17, 15) is 19.5 Å². The smallest absolute Gasteiger partial charge is 0.323 e. The maximum absolute atomic E-state index is 12.6. The molecule has 0 saturated carbocycles.